The van der Waals surface area contributed by atoms with Crippen molar-refractivity contribution in [3.63, 3.8) is 0 Å². The van der Waals surface area contributed by atoms with Crippen LogP contribution in [0.2, 0.25) is 0 Å². The highest BCUT2D eigenvalue weighted by Crippen LogP contribution is 2.37. The lowest BCUT2D eigenvalue weighted by Gasteiger charge is -2.19. The lowest BCUT2D eigenvalue weighted by atomic mass is 9.92. The van der Waals surface area contributed by atoms with Crippen molar-refractivity contribution in [3.05, 3.63) is 0 Å². The summed E-state index contributed by atoms with van der Waals surface area (Å²) >= 11 is 0. The van der Waals surface area contributed by atoms with Gasteiger partial charge in [0, 0.05) is 6.04 Å². The fourth-order valence-corrected chi connectivity index (χ4v) is 2.52. The van der Waals surface area contributed by atoms with E-state index in [1.54, 1.807) is 0 Å². The summed E-state index contributed by atoms with van der Waals surface area (Å²) in [4.78, 5) is 22.6. The minimum Gasteiger partial charge on any atom is -0.480 e. The molecule has 0 radical (unpaired) electrons. The van der Waals surface area contributed by atoms with E-state index in [4.69, 9.17) is 5.11 Å². The monoisotopic (exact) mass is 240 g/mol. The van der Waals surface area contributed by atoms with Gasteiger partial charge in [-0.1, -0.05) is 13.8 Å². The van der Waals surface area contributed by atoms with Crippen LogP contribution in [0.4, 0.5) is 4.79 Å². The Bertz CT molecular complexity index is 348. The molecular formula is C12H20N2O3. The zero-order chi connectivity index (χ0) is 12.7. The summed E-state index contributed by atoms with van der Waals surface area (Å²) in [5.41, 5.74) is -0.708. The predicted octanol–water partition coefficient (Wildman–Crippen LogP) is 1.48. The number of hydrogen-bond acceptors (Lipinski definition) is 2. The van der Waals surface area contributed by atoms with Crippen LogP contribution < -0.4 is 10.6 Å². The first-order valence-corrected chi connectivity index (χ1v) is 6.15. The van der Waals surface area contributed by atoms with Gasteiger partial charge in [0.2, 0.25) is 0 Å². The van der Waals surface area contributed by atoms with Crippen LogP contribution in [0, 0.1) is 5.41 Å². The molecular weight excluding hydrogens is 220 g/mol. The van der Waals surface area contributed by atoms with E-state index in [9.17, 15) is 9.59 Å². The first-order chi connectivity index (χ1) is 7.83. The largest absolute Gasteiger partial charge is 0.480 e. The molecule has 17 heavy (non-hydrogen) atoms. The van der Waals surface area contributed by atoms with Crippen molar-refractivity contribution in [1.29, 1.82) is 0 Å². The van der Waals surface area contributed by atoms with Gasteiger partial charge in [0.1, 0.15) is 5.54 Å². The van der Waals surface area contributed by atoms with E-state index >= 15 is 0 Å². The summed E-state index contributed by atoms with van der Waals surface area (Å²) in [5.74, 6) is -0.931. The molecule has 0 aromatic rings. The molecule has 2 saturated carbocycles. The lowest BCUT2D eigenvalue weighted by Crippen LogP contribution is -2.50. The van der Waals surface area contributed by atoms with Crippen LogP contribution >= 0.6 is 0 Å². The highest BCUT2D eigenvalue weighted by Gasteiger charge is 2.51. The number of aliphatic carboxylic acids is 1. The number of nitrogens with one attached hydrogen (secondary N) is 2. The van der Waals surface area contributed by atoms with Crippen molar-refractivity contribution in [2.75, 3.05) is 0 Å². The highest BCUT2D eigenvalue weighted by atomic mass is 16.4. The van der Waals surface area contributed by atoms with E-state index in [-0.39, 0.29) is 17.5 Å². The molecule has 5 heteroatoms. The van der Waals surface area contributed by atoms with Crippen molar-refractivity contribution < 1.29 is 14.7 Å². The Kier molecular flexibility index (Phi) is 2.79. The SMILES string of the molecule is CC1(C)CCC(NC(=O)NC2(C(=O)O)CC2)C1. The van der Waals surface area contributed by atoms with Gasteiger partial charge in [0.25, 0.3) is 0 Å². The zero-order valence-corrected chi connectivity index (χ0v) is 10.4. The maximum absolute atomic E-state index is 11.7. The van der Waals surface area contributed by atoms with E-state index in [0.29, 0.717) is 12.8 Å². The molecule has 5 nitrogen and oxygen atoms in total. The summed E-state index contributed by atoms with van der Waals surface area (Å²) in [6.07, 6.45) is 4.10. The number of carboxylic acids is 1. The van der Waals surface area contributed by atoms with Crippen LogP contribution in [0.1, 0.15) is 46.0 Å². The van der Waals surface area contributed by atoms with E-state index in [2.05, 4.69) is 24.5 Å². The molecule has 0 saturated heterocycles. The standard InChI is InChI=1S/C12H20N2O3/c1-11(2)4-3-8(7-11)13-10(17)14-12(5-6-12)9(15)16/h8H,3-7H2,1-2H3,(H,15,16)(H2,13,14,17). The Morgan fingerprint density at radius 3 is 2.29 bits per heavy atom. The van der Waals surface area contributed by atoms with Crippen molar-refractivity contribution in [2.24, 2.45) is 5.41 Å². The number of urea groups is 1. The second kappa shape index (κ2) is 3.89. The van der Waals surface area contributed by atoms with Crippen LogP contribution in [0.5, 0.6) is 0 Å². The van der Waals surface area contributed by atoms with Crippen molar-refractivity contribution >= 4 is 12.0 Å². The molecule has 2 amide bonds. The second-order valence-corrected chi connectivity index (χ2v) is 6.09. The van der Waals surface area contributed by atoms with Crippen LogP contribution in [0.25, 0.3) is 0 Å². The van der Waals surface area contributed by atoms with Crippen LogP contribution in [-0.4, -0.2) is 28.7 Å². The molecule has 0 aliphatic heterocycles. The molecule has 96 valence electrons. The smallest absolute Gasteiger partial charge is 0.329 e. The van der Waals surface area contributed by atoms with Gasteiger partial charge in [0.05, 0.1) is 0 Å². The van der Waals surface area contributed by atoms with Gasteiger partial charge in [0.15, 0.2) is 0 Å². The van der Waals surface area contributed by atoms with E-state index in [1.165, 1.54) is 0 Å². The Labute approximate surface area is 101 Å². The van der Waals surface area contributed by atoms with Crippen LogP contribution in [0.15, 0.2) is 0 Å². The van der Waals surface area contributed by atoms with Crippen LogP contribution in [0.3, 0.4) is 0 Å². The Balaban J connectivity index is 1.81. The molecule has 3 N–H and O–H groups in total. The van der Waals surface area contributed by atoms with Crippen molar-refractivity contribution in [2.45, 2.75) is 57.5 Å². The van der Waals surface area contributed by atoms with Crippen molar-refractivity contribution in [3.8, 4) is 0 Å². The fraction of sp³-hybridized carbons (Fsp3) is 0.833. The van der Waals surface area contributed by atoms with Gasteiger partial charge in [-0.2, -0.15) is 0 Å². The minimum absolute atomic E-state index is 0.176. The molecule has 0 bridgehead atoms. The van der Waals surface area contributed by atoms with Gasteiger partial charge in [-0.25, -0.2) is 9.59 Å². The van der Waals surface area contributed by atoms with Gasteiger partial charge in [-0.3, -0.25) is 0 Å². The maximum Gasteiger partial charge on any atom is 0.329 e. The second-order valence-electron chi connectivity index (χ2n) is 6.09. The first-order valence-electron chi connectivity index (χ1n) is 6.15. The summed E-state index contributed by atoms with van der Waals surface area (Å²) in [6, 6.07) is -0.165. The van der Waals surface area contributed by atoms with E-state index < -0.39 is 11.5 Å². The Morgan fingerprint density at radius 2 is 1.88 bits per heavy atom. The molecule has 2 fully saturated rings. The summed E-state index contributed by atoms with van der Waals surface area (Å²) < 4.78 is 0. The summed E-state index contributed by atoms with van der Waals surface area (Å²) in [6.45, 7) is 4.37. The quantitative estimate of drug-likeness (QED) is 0.699. The van der Waals surface area contributed by atoms with Gasteiger partial charge in [-0.15, -0.1) is 0 Å². The summed E-state index contributed by atoms with van der Waals surface area (Å²) in [5, 5.41) is 14.4. The molecule has 0 spiro atoms. The topological polar surface area (TPSA) is 78.4 Å². The average Bonchev–Trinajstić information content (AvgIpc) is 2.88. The fourth-order valence-electron chi connectivity index (χ4n) is 2.52. The number of carboxylic acid groups (broad SMARTS) is 1. The molecule has 2 rings (SSSR count). The highest BCUT2D eigenvalue weighted by molar-refractivity contribution is 5.89. The summed E-state index contributed by atoms with van der Waals surface area (Å²) in [7, 11) is 0. The Morgan fingerprint density at radius 1 is 1.24 bits per heavy atom. The van der Waals surface area contributed by atoms with Gasteiger partial charge < -0.3 is 15.7 Å². The minimum atomic E-state index is -0.988. The van der Waals surface area contributed by atoms with E-state index in [1.807, 2.05) is 0 Å². The molecule has 0 aromatic carbocycles. The lowest BCUT2D eigenvalue weighted by molar-refractivity contribution is -0.140. The normalized spacial score (nSPS) is 28.5. The number of amides is 2. The van der Waals surface area contributed by atoms with Gasteiger partial charge in [-0.05, 0) is 37.5 Å². The average molecular weight is 240 g/mol. The molecule has 1 unspecified atom stereocenters. The molecule has 0 aromatic heterocycles. The molecule has 1 atom stereocenters. The zero-order valence-electron chi connectivity index (χ0n) is 10.4. The van der Waals surface area contributed by atoms with E-state index in [0.717, 1.165) is 19.3 Å². The molecule has 2 aliphatic rings. The molecule has 2 aliphatic carbocycles. The third kappa shape index (κ3) is 2.70. The van der Waals surface area contributed by atoms with Gasteiger partial charge >= 0.3 is 12.0 Å². The number of hydrogen-bond donors (Lipinski definition) is 3. The third-order valence-corrected chi connectivity index (χ3v) is 3.82. The maximum atomic E-state index is 11.7. The Hall–Kier alpha value is -1.26. The van der Waals surface area contributed by atoms with Crippen LogP contribution in [-0.2, 0) is 4.79 Å². The predicted molar refractivity (Wildman–Crippen MR) is 62.7 cm³/mol. The number of carbonyl (C=O) groups excluding carboxylic acids is 1. The van der Waals surface area contributed by atoms with Crippen molar-refractivity contribution in [1.82, 2.24) is 10.6 Å². The third-order valence-electron chi connectivity index (χ3n) is 3.82. The number of rotatable bonds is 3. The first kappa shape index (κ1) is 12.2. The number of carbonyl (C=O) groups is 2. The molecule has 0 heterocycles.